The van der Waals surface area contributed by atoms with Gasteiger partial charge in [0.05, 0.1) is 12.9 Å². The summed E-state index contributed by atoms with van der Waals surface area (Å²) < 4.78 is 11.5. The SMILES string of the molecule is COC(=O)CSc1nnc(COc2ccc(C(C)C)cc2)n1N. The van der Waals surface area contributed by atoms with Crippen LogP contribution in [0.25, 0.3) is 0 Å². The molecule has 2 aromatic rings. The molecule has 2 rings (SSSR count). The van der Waals surface area contributed by atoms with Crippen LogP contribution in [-0.4, -0.2) is 33.7 Å². The first-order valence-corrected chi connectivity index (χ1v) is 8.11. The number of esters is 1. The monoisotopic (exact) mass is 336 g/mol. The Kier molecular flexibility index (Phi) is 5.86. The van der Waals surface area contributed by atoms with E-state index in [1.807, 2.05) is 24.3 Å². The van der Waals surface area contributed by atoms with Crippen molar-refractivity contribution in [1.29, 1.82) is 0 Å². The van der Waals surface area contributed by atoms with Crippen LogP contribution >= 0.6 is 11.8 Å². The molecule has 0 aliphatic carbocycles. The number of ether oxygens (including phenoxy) is 2. The second kappa shape index (κ2) is 7.87. The van der Waals surface area contributed by atoms with Crippen LogP contribution in [0.5, 0.6) is 5.75 Å². The van der Waals surface area contributed by atoms with Crippen LogP contribution in [0.3, 0.4) is 0 Å². The van der Waals surface area contributed by atoms with Gasteiger partial charge in [-0.15, -0.1) is 10.2 Å². The highest BCUT2D eigenvalue weighted by atomic mass is 32.2. The highest BCUT2D eigenvalue weighted by molar-refractivity contribution is 7.99. The molecule has 0 spiro atoms. The van der Waals surface area contributed by atoms with Crippen molar-refractivity contribution in [2.75, 3.05) is 18.7 Å². The van der Waals surface area contributed by atoms with Gasteiger partial charge in [0.1, 0.15) is 12.4 Å². The molecule has 0 radical (unpaired) electrons. The van der Waals surface area contributed by atoms with Crippen LogP contribution < -0.4 is 10.6 Å². The molecular weight excluding hydrogens is 316 g/mol. The van der Waals surface area contributed by atoms with Crippen molar-refractivity contribution in [3.8, 4) is 5.75 Å². The van der Waals surface area contributed by atoms with Gasteiger partial charge in [-0.2, -0.15) is 0 Å². The average Bonchev–Trinajstić information content (AvgIpc) is 2.91. The quantitative estimate of drug-likeness (QED) is 0.469. The molecule has 0 aliphatic heterocycles. The maximum atomic E-state index is 11.1. The molecule has 1 heterocycles. The summed E-state index contributed by atoms with van der Waals surface area (Å²) in [4.78, 5) is 11.1. The fourth-order valence-electron chi connectivity index (χ4n) is 1.78. The standard InChI is InChI=1S/C15H20N4O3S/c1-10(2)11-4-6-12(7-5-11)22-8-13-17-18-15(19(13)16)23-9-14(20)21-3/h4-7,10H,8-9,16H2,1-3H3. The van der Waals surface area contributed by atoms with Gasteiger partial charge in [0.15, 0.2) is 5.82 Å². The number of rotatable bonds is 7. The first kappa shape index (κ1) is 17.1. The zero-order valence-corrected chi connectivity index (χ0v) is 14.2. The fraction of sp³-hybridized carbons (Fsp3) is 0.400. The van der Waals surface area contributed by atoms with Gasteiger partial charge in [0.2, 0.25) is 5.16 Å². The lowest BCUT2D eigenvalue weighted by molar-refractivity contribution is -0.137. The number of carbonyl (C=O) groups excluding carboxylic acids is 1. The Morgan fingerprint density at radius 1 is 1.30 bits per heavy atom. The van der Waals surface area contributed by atoms with E-state index in [1.54, 1.807) is 0 Å². The summed E-state index contributed by atoms with van der Waals surface area (Å²) >= 11 is 1.16. The summed E-state index contributed by atoms with van der Waals surface area (Å²) in [5.74, 6) is 7.37. The van der Waals surface area contributed by atoms with E-state index in [0.29, 0.717) is 16.9 Å². The third-order valence-corrected chi connectivity index (χ3v) is 4.11. The van der Waals surface area contributed by atoms with Crippen molar-refractivity contribution in [2.24, 2.45) is 0 Å². The van der Waals surface area contributed by atoms with Crippen molar-refractivity contribution >= 4 is 17.7 Å². The topological polar surface area (TPSA) is 92.3 Å². The Balaban J connectivity index is 1.93. The Bertz CT molecular complexity index is 655. The zero-order valence-electron chi connectivity index (χ0n) is 13.4. The summed E-state index contributed by atoms with van der Waals surface area (Å²) in [5.41, 5.74) is 1.25. The highest BCUT2D eigenvalue weighted by Gasteiger charge is 2.13. The zero-order chi connectivity index (χ0) is 16.8. The number of aromatic nitrogens is 3. The van der Waals surface area contributed by atoms with E-state index in [1.165, 1.54) is 17.3 Å². The van der Waals surface area contributed by atoms with Crippen molar-refractivity contribution < 1.29 is 14.3 Å². The minimum absolute atomic E-state index is 0.128. The Morgan fingerprint density at radius 2 is 2.00 bits per heavy atom. The molecule has 1 aromatic heterocycles. The van der Waals surface area contributed by atoms with E-state index < -0.39 is 0 Å². The molecule has 8 heteroatoms. The average molecular weight is 336 g/mol. The largest absolute Gasteiger partial charge is 0.486 e. The lowest BCUT2D eigenvalue weighted by Gasteiger charge is -2.08. The summed E-state index contributed by atoms with van der Waals surface area (Å²) in [6, 6.07) is 7.90. The number of nitrogens with two attached hydrogens (primary N) is 1. The molecule has 23 heavy (non-hydrogen) atoms. The molecule has 0 amide bonds. The number of nitrogens with zero attached hydrogens (tertiary/aromatic N) is 3. The van der Waals surface area contributed by atoms with Crippen LogP contribution in [0.1, 0.15) is 31.2 Å². The van der Waals surface area contributed by atoms with Crippen LogP contribution in [0.15, 0.2) is 29.4 Å². The molecular formula is C15H20N4O3S. The van der Waals surface area contributed by atoms with Crippen molar-refractivity contribution in [3.05, 3.63) is 35.7 Å². The predicted octanol–water partition coefficient (Wildman–Crippen LogP) is 1.96. The molecule has 7 nitrogen and oxygen atoms in total. The predicted molar refractivity (Wildman–Crippen MR) is 87.8 cm³/mol. The Hall–Kier alpha value is -2.22. The molecule has 0 bridgehead atoms. The number of benzene rings is 1. The smallest absolute Gasteiger partial charge is 0.316 e. The van der Waals surface area contributed by atoms with Gasteiger partial charge in [-0.05, 0) is 23.6 Å². The number of nitrogen functional groups attached to an aromatic ring is 1. The van der Waals surface area contributed by atoms with Crippen molar-refractivity contribution in [2.45, 2.75) is 31.5 Å². The molecule has 0 saturated heterocycles. The highest BCUT2D eigenvalue weighted by Crippen LogP contribution is 2.20. The molecule has 124 valence electrons. The van der Waals surface area contributed by atoms with Gasteiger partial charge in [0, 0.05) is 0 Å². The van der Waals surface area contributed by atoms with E-state index in [-0.39, 0.29) is 18.3 Å². The second-order valence-corrected chi connectivity index (χ2v) is 6.09. The fourth-order valence-corrected chi connectivity index (χ4v) is 2.49. The summed E-state index contributed by atoms with van der Waals surface area (Å²) in [6.07, 6.45) is 0. The summed E-state index contributed by atoms with van der Waals surface area (Å²) in [7, 11) is 1.33. The van der Waals surface area contributed by atoms with Gasteiger partial charge in [-0.25, -0.2) is 4.68 Å². The van der Waals surface area contributed by atoms with Crippen LogP contribution in [0.2, 0.25) is 0 Å². The van der Waals surface area contributed by atoms with Crippen LogP contribution in [0, 0.1) is 0 Å². The molecule has 2 N–H and O–H groups in total. The lowest BCUT2D eigenvalue weighted by atomic mass is 10.0. The van der Waals surface area contributed by atoms with Gasteiger partial charge >= 0.3 is 5.97 Å². The maximum absolute atomic E-state index is 11.1. The van der Waals surface area contributed by atoms with Gasteiger partial charge < -0.3 is 15.3 Å². The number of thioether (sulfide) groups is 1. The van der Waals surface area contributed by atoms with Crippen LogP contribution in [0.4, 0.5) is 0 Å². The van der Waals surface area contributed by atoms with E-state index >= 15 is 0 Å². The van der Waals surface area contributed by atoms with E-state index in [9.17, 15) is 4.79 Å². The molecule has 0 unspecified atom stereocenters. The van der Waals surface area contributed by atoms with Gasteiger partial charge in [-0.1, -0.05) is 37.7 Å². The minimum atomic E-state index is -0.346. The molecule has 0 aliphatic rings. The summed E-state index contributed by atoms with van der Waals surface area (Å²) in [5, 5.41) is 8.34. The van der Waals surface area contributed by atoms with Crippen LogP contribution in [-0.2, 0) is 16.1 Å². The minimum Gasteiger partial charge on any atom is -0.486 e. The third kappa shape index (κ3) is 4.62. The number of methoxy groups -OCH3 is 1. The molecule has 1 aromatic carbocycles. The van der Waals surface area contributed by atoms with E-state index in [0.717, 1.165) is 17.5 Å². The second-order valence-electron chi connectivity index (χ2n) is 5.15. The van der Waals surface area contributed by atoms with Gasteiger partial charge in [0.25, 0.3) is 0 Å². The number of hydrogen-bond acceptors (Lipinski definition) is 7. The Morgan fingerprint density at radius 3 is 2.61 bits per heavy atom. The third-order valence-electron chi connectivity index (χ3n) is 3.20. The van der Waals surface area contributed by atoms with E-state index in [4.69, 9.17) is 10.6 Å². The normalized spacial score (nSPS) is 10.8. The molecule has 0 atom stereocenters. The first-order chi connectivity index (χ1) is 11.0. The first-order valence-electron chi connectivity index (χ1n) is 7.13. The van der Waals surface area contributed by atoms with Gasteiger partial charge in [-0.3, -0.25) is 4.79 Å². The molecule has 0 fully saturated rings. The molecule has 0 saturated carbocycles. The van der Waals surface area contributed by atoms with Crippen molar-refractivity contribution in [1.82, 2.24) is 14.9 Å². The Labute approximate surface area is 139 Å². The lowest BCUT2D eigenvalue weighted by Crippen LogP contribution is -2.16. The number of hydrogen-bond donors (Lipinski definition) is 1. The maximum Gasteiger partial charge on any atom is 0.316 e. The van der Waals surface area contributed by atoms with Crippen molar-refractivity contribution in [3.63, 3.8) is 0 Å². The summed E-state index contributed by atoms with van der Waals surface area (Å²) in [6.45, 7) is 4.48. The number of carbonyl (C=O) groups is 1. The van der Waals surface area contributed by atoms with E-state index in [2.05, 4.69) is 28.8 Å².